The number of nitrogens with zero attached hydrogens (tertiary/aromatic N) is 1. The molecule has 2 atom stereocenters. The second-order valence-electron chi connectivity index (χ2n) is 6.77. The molecule has 0 bridgehead atoms. The molecule has 1 N–H and O–H groups in total. The first kappa shape index (κ1) is 18.9. The number of hydrogen-bond donors (Lipinski definition) is 1. The Kier molecular flexibility index (Phi) is 8.88. The second-order valence-corrected chi connectivity index (χ2v) is 6.77. The lowest BCUT2D eigenvalue weighted by Crippen LogP contribution is -2.51. The van der Waals surface area contributed by atoms with Gasteiger partial charge in [0.2, 0.25) is 0 Å². The Morgan fingerprint density at radius 2 is 1.63 bits per heavy atom. The van der Waals surface area contributed by atoms with Crippen molar-refractivity contribution in [2.24, 2.45) is 5.41 Å². The fourth-order valence-corrected chi connectivity index (χ4v) is 2.39. The SMILES string of the molecule is CCCC[N+](CC)(CCC)CCOC(O)C(C)(C)C. The van der Waals surface area contributed by atoms with Crippen LogP contribution in [0.3, 0.4) is 0 Å². The first-order valence-corrected chi connectivity index (χ1v) is 7.96. The molecule has 0 aliphatic rings. The van der Waals surface area contributed by atoms with Crippen LogP contribution in [0.4, 0.5) is 0 Å². The third-order valence-electron chi connectivity index (χ3n) is 3.94. The van der Waals surface area contributed by atoms with Crippen molar-refractivity contribution in [3.05, 3.63) is 0 Å². The van der Waals surface area contributed by atoms with Crippen LogP contribution in [-0.4, -0.2) is 48.7 Å². The zero-order valence-corrected chi connectivity index (χ0v) is 14.0. The molecule has 0 saturated heterocycles. The maximum Gasteiger partial charge on any atom is 0.159 e. The van der Waals surface area contributed by atoms with Gasteiger partial charge in [-0.25, -0.2) is 0 Å². The molecule has 0 aliphatic heterocycles. The summed E-state index contributed by atoms with van der Waals surface area (Å²) in [6.45, 7) is 18.0. The quantitative estimate of drug-likeness (QED) is 0.488. The smallest absolute Gasteiger partial charge is 0.159 e. The van der Waals surface area contributed by atoms with Crippen molar-refractivity contribution in [1.29, 1.82) is 0 Å². The van der Waals surface area contributed by atoms with Crippen molar-refractivity contribution in [2.75, 3.05) is 32.8 Å². The minimum Gasteiger partial charge on any atom is -0.368 e. The zero-order valence-electron chi connectivity index (χ0n) is 14.0. The van der Waals surface area contributed by atoms with Gasteiger partial charge in [-0.3, -0.25) is 0 Å². The lowest BCUT2D eigenvalue weighted by molar-refractivity contribution is -0.927. The second kappa shape index (κ2) is 8.93. The van der Waals surface area contributed by atoms with Crippen molar-refractivity contribution >= 4 is 0 Å². The Labute approximate surface area is 120 Å². The highest BCUT2D eigenvalue weighted by atomic mass is 16.6. The third-order valence-corrected chi connectivity index (χ3v) is 3.94. The molecule has 0 aromatic carbocycles. The van der Waals surface area contributed by atoms with Gasteiger partial charge in [-0.15, -0.1) is 0 Å². The van der Waals surface area contributed by atoms with E-state index in [1.54, 1.807) is 0 Å². The van der Waals surface area contributed by atoms with Gasteiger partial charge < -0.3 is 14.3 Å². The monoisotopic (exact) mass is 274 g/mol. The molecule has 0 aromatic rings. The Bertz CT molecular complexity index is 225. The van der Waals surface area contributed by atoms with Crippen LogP contribution in [0, 0.1) is 5.41 Å². The molecule has 19 heavy (non-hydrogen) atoms. The maximum atomic E-state index is 9.93. The molecule has 0 aliphatic carbocycles. The van der Waals surface area contributed by atoms with E-state index in [9.17, 15) is 5.11 Å². The van der Waals surface area contributed by atoms with Crippen LogP contribution < -0.4 is 0 Å². The largest absolute Gasteiger partial charge is 0.368 e. The zero-order chi connectivity index (χ0) is 14.9. The van der Waals surface area contributed by atoms with Gasteiger partial charge in [0.25, 0.3) is 0 Å². The number of likely N-dealkylation sites (N-methyl/N-ethyl adjacent to an activating group) is 1. The summed E-state index contributed by atoms with van der Waals surface area (Å²) in [6.07, 6.45) is 3.06. The van der Waals surface area contributed by atoms with E-state index >= 15 is 0 Å². The lowest BCUT2D eigenvalue weighted by atomic mass is 9.96. The predicted octanol–water partition coefficient (Wildman–Crippen LogP) is 3.41. The molecule has 3 heteroatoms. The summed E-state index contributed by atoms with van der Waals surface area (Å²) in [4.78, 5) is 0. The van der Waals surface area contributed by atoms with Gasteiger partial charge in [-0.2, -0.15) is 0 Å². The standard InChI is InChI=1S/C16H36NO2/c1-7-10-12-17(9-3,11-8-2)13-14-19-15(18)16(4,5)6/h15,18H,7-14H2,1-6H3/q+1. The summed E-state index contributed by atoms with van der Waals surface area (Å²) in [5.74, 6) is 0. The summed E-state index contributed by atoms with van der Waals surface area (Å²) in [5.41, 5.74) is -0.198. The van der Waals surface area contributed by atoms with Crippen molar-refractivity contribution in [3.63, 3.8) is 0 Å². The van der Waals surface area contributed by atoms with Gasteiger partial charge in [0, 0.05) is 5.41 Å². The molecule has 3 nitrogen and oxygen atoms in total. The van der Waals surface area contributed by atoms with E-state index in [0.29, 0.717) is 6.61 Å². The van der Waals surface area contributed by atoms with Crippen LogP contribution in [0.1, 0.15) is 60.8 Å². The Morgan fingerprint density at radius 1 is 1.00 bits per heavy atom. The molecule has 0 saturated carbocycles. The van der Waals surface area contributed by atoms with E-state index in [0.717, 1.165) is 17.6 Å². The number of quaternary nitrogens is 1. The summed E-state index contributed by atoms with van der Waals surface area (Å²) in [7, 11) is 0. The summed E-state index contributed by atoms with van der Waals surface area (Å²) in [6, 6.07) is 0. The highest BCUT2D eigenvalue weighted by molar-refractivity contribution is 4.64. The molecule has 0 heterocycles. The number of rotatable bonds is 10. The van der Waals surface area contributed by atoms with E-state index < -0.39 is 6.29 Å². The van der Waals surface area contributed by atoms with E-state index in [2.05, 4.69) is 20.8 Å². The Morgan fingerprint density at radius 3 is 2.05 bits per heavy atom. The number of aliphatic hydroxyl groups is 1. The van der Waals surface area contributed by atoms with Gasteiger partial charge in [-0.1, -0.05) is 41.0 Å². The van der Waals surface area contributed by atoms with Gasteiger partial charge >= 0.3 is 0 Å². The normalized spacial score (nSPS) is 17.2. The highest BCUT2D eigenvalue weighted by Gasteiger charge is 2.26. The van der Waals surface area contributed by atoms with Crippen LogP contribution >= 0.6 is 0 Å². The Balaban J connectivity index is 4.32. The molecule has 0 rings (SSSR count). The predicted molar refractivity (Wildman–Crippen MR) is 82.0 cm³/mol. The number of ether oxygens (including phenoxy) is 1. The van der Waals surface area contributed by atoms with Crippen LogP contribution in [-0.2, 0) is 4.74 Å². The van der Waals surface area contributed by atoms with Crippen LogP contribution in [0.2, 0.25) is 0 Å². The first-order chi connectivity index (χ1) is 8.81. The molecule has 0 aromatic heterocycles. The van der Waals surface area contributed by atoms with E-state index in [1.807, 2.05) is 20.8 Å². The molecule has 0 amide bonds. The van der Waals surface area contributed by atoms with E-state index in [1.165, 1.54) is 32.4 Å². The first-order valence-electron chi connectivity index (χ1n) is 7.96. The van der Waals surface area contributed by atoms with E-state index in [-0.39, 0.29) is 5.41 Å². The molecule has 0 radical (unpaired) electrons. The van der Waals surface area contributed by atoms with Crippen LogP contribution in [0.5, 0.6) is 0 Å². The molecular formula is C16H36NO2+. The fraction of sp³-hybridized carbons (Fsp3) is 1.00. The van der Waals surface area contributed by atoms with Crippen molar-refractivity contribution in [3.8, 4) is 0 Å². The topological polar surface area (TPSA) is 29.5 Å². The maximum absolute atomic E-state index is 9.93. The summed E-state index contributed by atoms with van der Waals surface area (Å²) >= 11 is 0. The molecule has 0 spiro atoms. The van der Waals surface area contributed by atoms with Crippen molar-refractivity contribution in [1.82, 2.24) is 0 Å². The van der Waals surface area contributed by atoms with Crippen molar-refractivity contribution < 1.29 is 14.3 Å². The van der Waals surface area contributed by atoms with Crippen LogP contribution in [0.15, 0.2) is 0 Å². The Hall–Kier alpha value is -0.120. The molecular weight excluding hydrogens is 238 g/mol. The summed E-state index contributed by atoms with van der Waals surface area (Å²) in [5, 5.41) is 9.93. The van der Waals surface area contributed by atoms with Gasteiger partial charge in [0.1, 0.15) is 6.54 Å². The number of unbranched alkanes of at least 4 members (excludes halogenated alkanes) is 1. The number of hydrogen-bond acceptors (Lipinski definition) is 2. The number of aliphatic hydroxyl groups excluding tert-OH is 1. The van der Waals surface area contributed by atoms with Crippen LogP contribution in [0.25, 0.3) is 0 Å². The lowest BCUT2D eigenvalue weighted by Gasteiger charge is -2.38. The minimum atomic E-state index is -0.668. The fourth-order valence-electron chi connectivity index (χ4n) is 2.39. The van der Waals surface area contributed by atoms with E-state index in [4.69, 9.17) is 4.74 Å². The minimum absolute atomic E-state index is 0.198. The summed E-state index contributed by atoms with van der Waals surface area (Å²) < 4.78 is 6.76. The molecule has 0 fully saturated rings. The van der Waals surface area contributed by atoms with Crippen molar-refractivity contribution in [2.45, 2.75) is 67.1 Å². The van der Waals surface area contributed by atoms with Gasteiger partial charge in [0.05, 0.1) is 26.2 Å². The highest BCUT2D eigenvalue weighted by Crippen LogP contribution is 2.20. The average molecular weight is 274 g/mol. The molecule has 2 unspecified atom stereocenters. The van der Waals surface area contributed by atoms with Gasteiger partial charge in [0.15, 0.2) is 6.29 Å². The third kappa shape index (κ3) is 7.28. The molecule has 116 valence electrons. The van der Waals surface area contributed by atoms with Gasteiger partial charge in [-0.05, 0) is 19.8 Å². The average Bonchev–Trinajstić information content (AvgIpc) is 2.34.